The monoisotopic (exact) mass is 624 g/mol. The van der Waals surface area contributed by atoms with E-state index in [0.717, 1.165) is 0 Å². The standard InChI is InChI=1S/C24H20.4CO.2Ru/c1-3-11-19(12-4-1)23(21-15-7-8-16-21)24(22-17-9-10-18-22)20-13-5-2-6-14-20;4*1-2;;/h1-18,23-24H;;;;;;/q;;;;;2*+1/t23-,24-;;;;;;/m0....../s1. The van der Waals surface area contributed by atoms with Crippen LogP contribution in [-0.4, -0.2) is 0 Å². The van der Waals surface area contributed by atoms with Crippen molar-refractivity contribution in [3.63, 3.8) is 0 Å². The second-order valence-electron chi connectivity index (χ2n) is 6.21. The van der Waals surface area contributed by atoms with Gasteiger partial charge in [-0.3, -0.25) is 0 Å². The quantitative estimate of drug-likeness (QED) is 0.250. The molecule has 2 atom stereocenters. The molecule has 0 N–H and O–H groups in total. The van der Waals surface area contributed by atoms with Crippen LogP contribution in [0.25, 0.3) is 0 Å². The van der Waals surface area contributed by atoms with E-state index in [4.69, 9.17) is 18.6 Å². The Balaban J connectivity index is -0.000000876. The molecule has 6 heteroatoms. The van der Waals surface area contributed by atoms with Crippen molar-refractivity contribution in [2.24, 2.45) is 0 Å². The first-order chi connectivity index (χ1) is 15.9. The molecule has 34 heavy (non-hydrogen) atoms. The van der Waals surface area contributed by atoms with Crippen LogP contribution in [0.5, 0.6) is 0 Å². The zero-order valence-corrected chi connectivity index (χ0v) is 21.4. The second kappa shape index (κ2) is 24.8. The van der Waals surface area contributed by atoms with Gasteiger partial charge in [-0.05, 0) is 86.2 Å². The average molecular weight is 623 g/mol. The van der Waals surface area contributed by atoms with Crippen LogP contribution in [0, 0.1) is 89.8 Å². The van der Waals surface area contributed by atoms with Gasteiger partial charge in [0.25, 0.3) is 0 Å². The molecule has 0 spiro atoms. The molecule has 12 radical (unpaired) electrons. The number of hydrogen-bond donors (Lipinski definition) is 0. The van der Waals surface area contributed by atoms with E-state index < -0.39 is 0 Å². The third-order valence-corrected chi connectivity index (χ3v) is 4.75. The van der Waals surface area contributed by atoms with Crippen LogP contribution in [0.3, 0.4) is 0 Å². The van der Waals surface area contributed by atoms with Gasteiger partial charge in [0.2, 0.25) is 0 Å². The third kappa shape index (κ3) is 11.4. The molecule has 2 aliphatic carbocycles. The molecule has 0 amide bonds. The molecule has 2 fully saturated rings. The van der Waals surface area contributed by atoms with Crippen LogP contribution in [0.4, 0.5) is 0 Å². The molecule has 0 aromatic heterocycles. The van der Waals surface area contributed by atoms with Gasteiger partial charge in [-0.25, -0.2) is 0 Å². The minimum absolute atomic E-state index is 0. The third-order valence-electron chi connectivity index (χ3n) is 4.75. The molecule has 4 nitrogen and oxygen atoms in total. The van der Waals surface area contributed by atoms with E-state index >= 15 is 0 Å². The molecule has 2 aliphatic rings. The van der Waals surface area contributed by atoms with Crippen molar-refractivity contribution < 1.29 is 57.6 Å². The number of benzene rings is 2. The van der Waals surface area contributed by atoms with Crippen LogP contribution < -0.4 is 0 Å². The summed E-state index contributed by atoms with van der Waals surface area (Å²) in [4.78, 5) is 0. The Morgan fingerprint density at radius 3 is 0.882 bits per heavy atom. The minimum Gasteiger partial charge on any atom is -0.0622 e. The predicted octanol–water partition coefficient (Wildman–Crippen LogP) is 5.21. The fraction of sp³-hybridized carbons (Fsp3) is 0.0714. The summed E-state index contributed by atoms with van der Waals surface area (Å²) >= 11 is 0. The van der Waals surface area contributed by atoms with Crippen LogP contribution >= 0.6 is 0 Å². The van der Waals surface area contributed by atoms with Crippen molar-refractivity contribution in [3.8, 4) is 0 Å². The Morgan fingerprint density at radius 2 is 0.647 bits per heavy atom. The zero-order chi connectivity index (χ0) is 24.2. The van der Waals surface area contributed by atoms with E-state index in [2.05, 4.69) is 139 Å². The van der Waals surface area contributed by atoms with Crippen molar-refractivity contribution in [2.75, 3.05) is 0 Å². The van der Waals surface area contributed by atoms with Gasteiger partial charge in [0, 0.05) is 0 Å². The SMILES string of the molecule is [C-]#[O+].[C-]#[O+].[C-]#[O+].[C-]#[O+].[CH]1[CH][CH][C]([C@H](c2ccccc2)[C@H]([C]2[CH][CH][CH][CH]2)c2ccccc2)[CH]1.[Ru+].[Ru+]. The maximum Gasteiger partial charge on any atom is 1.00 e. The van der Waals surface area contributed by atoms with Crippen LogP contribution in [0.2, 0.25) is 0 Å². The molecule has 0 bridgehead atoms. The molecule has 0 aliphatic heterocycles. The maximum absolute atomic E-state index is 7.50. The van der Waals surface area contributed by atoms with Crippen molar-refractivity contribution in [2.45, 2.75) is 11.8 Å². The Hall–Kier alpha value is -1.35. The summed E-state index contributed by atoms with van der Waals surface area (Å²) in [7, 11) is 0. The molecule has 4 rings (SSSR count). The number of rotatable bonds is 5. The first-order valence-electron chi connectivity index (χ1n) is 9.28. The Morgan fingerprint density at radius 1 is 0.412 bits per heavy atom. The van der Waals surface area contributed by atoms with Crippen molar-refractivity contribution in [1.29, 1.82) is 0 Å². The Kier molecular flexibility index (Phi) is 27.1. The second-order valence-corrected chi connectivity index (χ2v) is 6.21. The topological polar surface area (TPSA) is 79.6 Å². The van der Waals surface area contributed by atoms with Gasteiger partial charge in [-0.1, -0.05) is 60.7 Å². The van der Waals surface area contributed by atoms with Gasteiger partial charge in [0.15, 0.2) is 0 Å². The summed E-state index contributed by atoms with van der Waals surface area (Å²) < 4.78 is 30.0. The molecule has 2 saturated carbocycles. The van der Waals surface area contributed by atoms with E-state index in [-0.39, 0.29) is 39.0 Å². The maximum atomic E-state index is 7.50. The fourth-order valence-electron chi connectivity index (χ4n) is 3.67. The average Bonchev–Trinajstić information content (AvgIpc) is 3.63. The van der Waals surface area contributed by atoms with Gasteiger partial charge in [-0.2, -0.15) is 0 Å². The first-order valence-corrected chi connectivity index (χ1v) is 9.28. The van der Waals surface area contributed by atoms with E-state index in [9.17, 15) is 0 Å². The van der Waals surface area contributed by atoms with E-state index in [1.165, 1.54) is 23.0 Å². The molecular formula is C28H20O4Ru2+2. The largest absolute Gasteiger partial charge is 1.00 e. The van der Waals surface area contributed by atoms with Crippen molar-refractivity contribution in [1.82, 2.24) is 0 Å². The molecule has 2 aromatic rings. The summed E-state index contributed by atoms with van der Waals surface area (Å²) in [6.07, 6.45) is 17.5. The zero-order valence-electron chi connectivity index (χ0n) is 17.9. The summed E-state index contributed by atoms with van der Waals surface area (Å²) in [5.74, 6) is 3.37. The first kappa shape index (κ1) is 37.2. The van der Waals surface area contributed by atoms with Crippen molar-refractivity contribution in [3.05, 3.63) is 162 Å². The van der Waals surface area contributed by atoms with Gasteiger partial charge in [-0.15, -0.1) is 0 Å². The minimum atomic E-state index is 0. The van der Waals surface area contributed by atoms with Gasteiger partial charge >= 0.3 is 84.2 Å². The van der Waals surface area contributed by atoms with Crippen LogP contribution in [-0.2, 0) is 57.6 Å². The summed E-state index contributed by atoms with van der Waals surface area (Å²) in [5, 5.41) is 0. The smallest absolute Gasteiger partial charge is 0.0622 e. The molecule has 2 aromatic carbocycles. The molecule has 170 valence electrons. The normalized spacial score (nSPS) is 15.6. The van der Waals surface area contributed by atoms with Gasteiger partial charge < -0.3 is 0 Å². The van der Waals surface area contributed by atoms with Crippen molar-refractivity contribution >= 4 is 0 Å². The summed E-state index contributed by atoms with van der Waals surface area (Å²) in [5.41, 5.74) is 2.72. The molecular weight excluding hydrogens is 602 g/mol. The van der Waals surface area contributed by atoms with E-state index in [1.54, 1.807) is 0 Å². The van der Waals surface area contributed by atoms with Crippen LogP contribution in [0.1, 0.15) is 23.0 Å². The number of hydrogen-bond acceptors (Lipinski definition) is 0. The van der Waals surface area contributed by atoms with E-state index in [1.807, 2.05) is 0 Å². The molecule has 0 unspecified atom stereocenters. The summed E-state index contributed by atoms with van der Waals surface area (Å²) in [6.45, 7) is 18.0. The van der Waals surface area contributed by atoms with E-state index in [0.29, 0.717) is 11.8 Å². The Bertz CT molecular complexity index is 709. The fourth-order valence-corrected chi connectivity index (χ4v) is 3.67. The Labute approximate surface area is 230 Å². The van der Waals surface area contributed by atoms with Gasteiger partial charge in [0.1, 0.15) is 0 Å². The predicted molar refractivity (Wildman–Crippen MR) is 115 cm³/mol. The van der Waals surface area contributed by atoms with Crippen LogP contribution in [0.15, 0.2) is 60.7 Å². The molecule has 0 saturated heterocycles. The molecule has 0 heterocycles. The van der Waals surface area contributed by atoms with Gasteiger partial charge in [0.05, 0.1) is 0 Å². The summed E-state index contributed by atoms with van der Waals surface area (Å²) in [6, 6.07) is 21.7.